The number of sulfone groups is 1. The zero-order valence-electron chi connectivity index (χ0n) is 13.7. The molecule has 26 heavy (non-hydrogen) atoms. The predicted molar refractivity (Wildman–Crippen MR) is 110 cm³/mol. The summed E-state index contributed by atoms with van der Waals surface area (Å²) in [6, 6.07) is 14.9. The lowest BCUT2D eigenvalue weighted by Gasteiger charge is -2.26. The second-order valence-corrected chi connectivity index (χ2v) is 10.2. The van der Waals surface area contributed by atoms with Crippen molar-refractivity contribution in [3.8, 4) is 0 Å². The van der Waals surface area contributed by atoms with Gasteiger partial charge in [0.05, 0.1) is 23.6 Å². The number of halogens is 2. The first-order valence-corrected chi connectivity index (χ1v) is 11.7. The Morgan fingerprint density at radius 2 is 1.73 bits per heavy atom. The van der Waals surface area contributed by atoms with Crippen LogP contribution in [0.5, 0.6) is 0 Å². The van der Waals surface area contributed by atoms with Crippen LogP contribution in [0, 0.1) is 0 Å². The molecule has 4 rings (SSSR count). The summed E-state index contributed by atoms with van der Waals surface area (Å²) in [5, 5.41) is 2.06. The molecule has 0 aromatic heterocycles. The molecule has 0 aliphatic carbocycles. The fourth-order valence-corrected chi connectivity index (χ4v) is 7.04. The van der Waals surface area contributed by atoms with Crippen LogP contribution >= 0.6 is 35.0 Å². The standard InChI is InChI=1S/C18H16Cl2N2O2S2/c19-14-7-4-8-15(20)13(14)9-25-18-21-16-10-26(23,24)11-17(16)22(18)12-5-2-1-3-6-12/h1-8,16-17H,9-11H2/t16-,17+/m0/s1. The highest BCUT2D eigenvalue weighted by Crippen LogP contribution is 2.37. The van der Waals surface area contributed by atoms with Crippen LogP contribution in [0.4, 0.5) is 5.69 Å². The molecule has 0 radical (unpaired) electrons. The summed E-state index contributed by atoms with van der Waals surface area (Å²) < 4.78 is 24.1. The molecular formula is C18H16Cl2N2O2S2. The SMILES string of the molecule is O=S1(=O)C[C@@H]2N=C(SCc3c(Cl)cccc3Cl)N(c3ccccc3)[C@@H]2C1. The predicted octanol–water partition coefficient (Wildman–Crippen LogP) is 4.27. The molecule has 0 N–H and O–H groups in total. The van der Waals surface area contributed by atoms with Crippen LogP contribution in [0.2, 0.25) is 10.0 Å². The lowest BCUT2D eigenvalue weighted by Crippen LogP contribution is -2.39. The molecule has 136 valence electrons. The van der Waals surface area contributed by atoms with E-state index in [0.717, 1.165) is 16.4 Å². The van der Waals surface area contributed by atoms with E-state index in [1.165, 1.54) is 11.8 Å². The zero-order chi connectivity index (χ0) is 18.3. The van der Waals surface area contributed by atoms with Gasteiger partial charge >= 0.3 is 0 Å². The largest absolute Gasteiger partial charge is 0.315 e. The monoisotopic (exact) mass is 426 g/mol. The molecule has 2 atom stereocenters. The Kier molecular flexibility index (Phi) is 4.94. The molecule has 2 aromatic rings. The summed E-state index contributed by atoms with van der Waals surface area (Å²) >= 11 is 14.1. The van der Waals surface area contributed by atoms with Gasteiger partial charge in [-0.2, -0.15) is 0 Å². The van der Waals surface area contributed by atoms with Gasteiger partial charge in [0.15, 0.2) is 15.0 Å². The Balaban J connectivity index is 1.63. The van der Waals surface area contributed by atoms with Crippen molar-refractivity contribution in [3.05, 3.63) is 64.1 Å². The number of hydrogen-bond donors (Lipinski definition) is 0. The van der Waals surface area contributed by atoms with Crippen molar-refractivity contribution in [3.63, 3.8) is 0 Å². The number of hydrogen-bond acceptors (Lipinski definition) is 5. The van der Waals surface area contributed by atoms with E-state index in [-0.39, 0.29) is 23.6 Å². The van der Waals surface area contributed by atoms with E-state index < -0.39 is 9.84 Å². The van der Waals surface area contributed by atoms with Crippen LogP contribution in [0.3, 0.4) is 0 Å². The normalized spacial score (nSPS) is 23.8. The number of thioether (sulfide) groups is 1. The molecule has 4 nitrogen and oxygen atoms in total. The summed E-state index contributed by atoms with van der Waals surface area (Å²) in [6.07, 6.45) is 0. The first kappa shape index (κ1) is 18.2. The summed E-state index contributed by atoms with van der Waals surface area (Å²) in [7, 11) is -3.05. The molecule has 1 saturated heterocycles. The Hall–Kier alpha value is -1.21. The fourth-order valence-electron chi connectivity index (χ4n) is 3.33. The first-order chi connectivity index (χ1) is 12.4. The highest BCUT2D eigenvalue weighted by molar-refractivity contribution is 8.13. The molecule has 2 aliphatic rings. The summed E-state index contributed by atoms with van der Waals surface area (Å²) in [4.78, 5) is 6.76. The number of aliphatic imine (C=N–C) groups is 1. The van der Waals surface area contributed by atoms with Crippen molar-refractivity contribution in [1.29, 1.82) is 0 Å². The molecule has 0 bridgehead atoms. The van der Waals surface area contributed by atoms with Gasteiger partial charge in [-0.3, -0.25) is 4.99 Å². The van der Waals surface area contributed by atoms with Gasteiger partial charge in [0.2, 0.25) is 0 Å². The third-order valence-corrected chi connectivity index (χ3v) is 7.95. The second kappa shape index (κ2) is 7.08. The molecule has 0 amide bonds. The maximum absolute atomic E-state index is 12.1. The molecule has 2 aliphatic heterocycles. The number of nitrogens with zero attached hydrogens (tertiary/aromatic N) is 2. The Morgan fingerprint density at radius 1 is 1.04 bits per heavy atom. The molecule has 2 heterocycles. The van der Waals surface area contributed by atoms with E-state index in [0.29, 0.717) is 15.8 Å². The van der Waals surface area contributed by atoms with Crippen molar-refractivity contribution in [2.75, 3.05) is 16.4 Å². The Bertz CT molecular complexity index is 944. The second-order valence-electron chi connectivity index (χ2n) is 6.32. The van der Waals surface area contributed by atoms with Crippen LogP contribution in [0.25, 0.3) is 0 Å². The quantitative estimate of drug-likeness (QED) is 0.734. The smallest absolute Gasteiger partial charge is 0.164 e. The van der Waals surface area contributed by atoms with Crippen molar-refractivity contribution in [2.45, 2.75) is 17.8 Å². The van der Waals surface area contributed by atoms with Crippen LogP contribution in [-0.2, 0) is 15.6 Å². The number of para-hydroxylation sites is 1. The highest BCUT2D eigenvalue weighted by Gasteiger charge is 2.47. The average molecular weight is 427 g/mol. The van der Waals surface area contributed by atoms with E-state index in [1.807, 2.05) is 53.4 Å². The minimum absolute atomic E-state index is 0.109. The van der Waals surface area contributed by atoms with Gasteiger partial charge in [0.1, 0.15) is 0 Å². The number of rotatable bonds is 3. The maximum atomic E-state index is 12.1. The minimum Gasteiger partial charge on any atom is -0.315 e. The maximum Gasteiger partial charge on any atom is 0.164 e. The third kappa shape index (κ3) is 3.48. The lowest BCUT2D eigenvalue weighted by atomic mass is 10.1. The third-order valence-electron chi connectivity index (χ3n) is 4.55. The molecule has 0 unspecified atom stereocenters. The molecule has 1 fully saturated rings. The van der Waals surface area contributed by atoms with Crippen molar-refractivity contribution in [1.82, 2.24) is 0 Å². The van der Waals surface area contributed by atoms with E-state index in [4.69, 9.17) is 28.2 Å². The molecule has 2 aromatic carbocycles. The molecule has 8 heteroatoms. The summed E-state index contributed by atoms with van der Waals surface area (Å²) in [6.45, 7) is 0. The number of benzene rings is 2. The first-order valence-electron chi connectivity index (χ1n) is 8.13. The topological polar surface area (TPSA) is 49.7 Å². The van der Waals surface area contributed by atoms with E-state index in [9.17, 15) is 8.42 Å². The highest BCUT2D eigenvalue weighted by atomic mass is 35.5. The molecule has 0 saturated carbocycles. The molecule has 0 spiro atoms. The Labute approximate surface area is 167 Å². The van der Waals surface area contributed by atoms with E-state index >= 15 is 0 Å². The van der Waals surface area contributed by atoms with Crippen LogP contribution in [0.15, 0.2) is 53.5 Å². The number of fused-ring (bicyclic) bond motifs is 1. The average Bonchev–Trinajstić information content (AvgIpc) is 3.06. The van der Waals surface area contributed by atoms with Gasteiger partial charge in [-0.25, -0.2) is 8.42 Å². The summed E-state index contributed by atoms with van der Waals surface area (Å²) in [5.74, 6) is 0.817. The van der Waals surface area contributed by atoms with Gasteiger partial charge in [0.25, 0.3) is 0 Å². The van der Waals surface area contributed by atoms with Crippen LogP contribution in [0.1, 0.15) is 5.56 Å². The van der Waals surface area contributed by atoms with Gasteiger partial charge in [0, 0.05) is 21.5 Å². The van der Waals surface area contributed by atoms with Gasteiger partial charge in [-0.1, -0.05) is 59.2 Å². The minimum atomic E-state index is -3.05. The Morgan fingerprint density at radius 3 is 2.42 bits per heavy atom. The zero-order valence-corrected chi connectivity index (χ0v) is 16.8. The van der Waals surface area contributed by atoms with Crippen LogP contribution < -0.4 is 4.90 Å². The van der Waals surface area contributed by atoms with Crippen molar-refractivity contribution < 1.29 is 8.42 Å². The van der Waals surface area contributed by atoms with Gasteiger partial charge < -0.3 is 4.90 Å². The number of amidine groups is 1. The fraction of sp³-hybridized carbons (Fsp3) is 0.278. The number of anilines is 1. The summed E-state index contributed by atoms with van der Waals surface area (Å²) in [5.41, 5.74) is 1.81. The van der Waals surface area contributed by atoms with Gasteiger partial charge in [-0.15, -0.1) is 0 Å². The van der Waals surface area contributed by atoms with E-state index in [1.54, 1.807) is 0 Å². The molecular weight excluding hydrogens is 411 g/mol. The van der Waals surface area contributed by atoms with Crippen LogP contribution in [-0.4, -0.2) is 37.2 Å². The van der Waals surface area contributed by atoms with E-state index in [2.05, 4.69) is 0 Å². The lowest BCUT2D eigenvalue weighted by molar-refractivity contribution is 0.601. The van der Waals surface area contributed by atoms with Gasteiger partial charge in [-0.05, 0) is 29.8 Å². The van der Waals surface area contributed by atoms with Crippen molar-refractivity contribution >= 4 is 55.7 Å². The van der Waals surface area contributed by atoms with Crippen molar-refractivity contribution in [2.24, 2.45) is 4.99 Å².